The number of carbonyl (C=O) groups is 1. The van der Waals surface area contributed by atoms with Gasteiger partial charge < -0.3 is 5.32 Å². The summed E-state index contributed by atoms with van der Waals surface area (Å²) in [6.07, 6.45) is 19.1. The number of hydrazine groups is 1. The number of amides is 1. The Hall–Kier alpha value is -3.75. The third-order valence-corrected chi connectivity index (χ3v) is 7.16. The van der Waals surface area contributed by atoms with Crippen LogP contribution < -0.4 is 16.2 Å². The predicted octanol–water partition coefficient (Wildman–Crippen LogP) is 8.19. The molecule has 0 atom stereocenters. The van der Waals surface area contributed by atoms with Crippen molar-refractivity contribution in [2.45, 2.75) is 96.8 Å². The zero-order valence-corrected chi connectivity index (χ0v) is 23.8. The Balaban J connectivity index is 1.36. The van der Waals surface area contributed by atoms with Gasteiger partial charge in [0.25, 0.3) is 5.91 Å². The van der Waals surface area contributed by atoms with Crippen molar-refractivity contribution >= 4 is 34.0 Å². The van der Waals surface area contributed by atoms with Crippen LogP contribution in [0.25, 0.3) is 10.8 Å². The number of nitrogens with one attached hydrogen (secondary N) is 3. The van der Waals surface area contributed by atoms with Gasteiger partial charge >= 0.3 is 5.69 Å². The second-order valence-corrected chi connectivity index (χ2v) is 10.3. The molecular formula is C31H44N6O3. The molecule has 40 heavy (non-hydrogen) atoms. The van der Waals surface area contributed by atoms with Crippen LogP contribution in [0.15, 0.2) is 48.8 Å². The van der Waals surface area contributed by atoms with Gasteiger partial charge in [0.1, 0.15) is 6.33 Å². The molecule has 0 spiro atoms. The minimum Gasteiger partial charge on any atom is -0.364 e. The first kappa shape index (κ1) is 30.8. The molecule has 0 aliphatic heterocycles. The van der Waals surface area contributed by atoms with Crippen LogP contribution in [-0.2, 0) is 0 Å². The average molecular weight is 549 g/mol. The van der Waals surface area contributed by atoms with Crippen LogP contribution in [-0.4, -0.2) is 27.3 Å². The van der Waals surface area contributed by atoms with E-state index in [1.165, 1.54) is 77.0 Å². The molecule has 3 rings (SSSR count). The molecule has 1 aromatic heterocycles. The molecule has 0 saturated carbocycles. The molecular weight excluding hydrogens is 504 g/mol. The normalized spacial score (nSPS) is 10.9. The molecule has 0 fully saturated rings. The van der Waals surface area contributed by atoms with E-state index in [2.05, 4.69) is 33.1 Å². The van der Waals surface area contributed by atoms with Gasteiger partial charge in [0.05, 0.1) is 4.92 Å². The minimum absolute atomic E-state index is 0.0722. The van der Waals surface area contributed by atoms with Crippen LogP contribution in [0.5, 0.6) is 0 Å². The molecule has 2 aromatic carbocycles. The lowest BCUT2D eigenvalue weighted by atomic mass is 10.0. The highest BCUT2D eigenvalue weighted by Crippen LogP contribution is 2.28. The molecule has 0 saturated heterocycles. The Kier molecular flexibility index (Phi) is 13.7. The van der Waals surface area contributed by atoms with Crippen molar-refractivity contribution in [2.24, 2.45) is 0 Å². The number of aromatic nitrogens is 2. The summed E-state index contributed by atoms with van der Waals surface area (Å²) in [4.78, 5) is 32.2. The largest absolute Gasteiger partial charge is 0.364 e. The van der Waals surface area contributed by atoms with Crippen LogP contribution in [0.3, 0.4) is 0 Å². The number of rotatable bonds is 20. The van der Waals surface area contributed by atoms with Crippen molar-refractivity contribution < 1.29 is 9.72 Å². The highest BCUT2D eigenvalue weighted by Gasteiger charge is 2.23. The summed E-state index contributed by atoms with van der Waals surface area (Å²) >= 11 is 0. The lowest BCUT2D eigenvalue weighted by Crippen LogP contribution is -2.30. The monoisotopic (exact) mass is 548 g/mol. The first-order chi connectivity index (χ1) is 19.6. The molecule has 9 heteroatoms. The molecule has 216 valence electrons. The number of benzene rings is 2. The average Bonchev–Trinajstić information content (AvgIpc) is 2.97. The lowest BCUT2D eigenvalue weighted by molar-refractivity contribution is -0.383. The molecule has 0 unspecified atom stereocenters. The van der Waals surface area contributed by atoms with Crippen molar-refractivity contribution in [1.29, 1.82) is 0 Å². The van der Waals surface area contributed by atoms with Crippen molar-refractivity contribution in [2.75, 3.05) is 17.3 Å². The predicted molar refractivity (Wildman–Crippen MR) is 163 cm³/mol. The van der Waals surface area contributed by atoms with Gasteiger partial charge in [0, 0.05) is 12.1 Å². The molecule has 0 bridgehead atoms. The van der Waals surface area contributed by atoms with E-state index in [4.69, 9.17) is 0 Å². The zero-order chi connectivity index (χ0) is 28.4. The topological polar surface area (TPSA) is 122 Å². The van der Waals surface area contributed by atoms with E-state index in [-0.39, 0.29) is 17.3 Å². The SMILES string of the molecule is CCCCCCCCCCCCCCCCNc1ncnc(NNC(=O)c2cccc3ccccc23)c1[N+](=O)[O-]. The van der Waals surface area contributed by atoms with Crippen molar-refractivity contribution in [3.63, 3.8) is 0 Å². The van der Waals surface area contributed by atoms with Crippen molar-refractivity contribution in [3.8, 4) is 0 Å². The fourth-order valence-electron chi connectivity index (χ4n) is 4.91. The van der Waals surface area contributed by atoms with Crippen LogP contribution in [0.2, 0.25) is 0 Å². The van der Waals surface area contributed by atoms with E-state index in [0.717, 1.165) is 30.0 Å². The van der Waals surface area contributed by atoms with Gasteiger partial charge in [-0.05, 0) is 23.3 Å². The number of nitro groups is 1. The van der Waals surface area contributed by atoms with Gasteiger partial charge in [0.2, 0.25) is 11.6 Å². The summed E-state index contributed by atoms with van der Waals surface area (Å²) in [5.74, 6) is -0.352. The third kappa shape index (κ3) is 10.1. The minimum atomic E-state index is -0.542. The standard InChI is InChI=1S/C31H44N6O3/c1-2-3-4-5-6-7-8-9-10-11-12-13-14-17-23-32-29-28(37(39)40)30(34-24-33-29)35-36-31(38)27-22-18-20-25-19-15-16-21-26(25)27/h15-16,18-22,24H,2-14,17,23H2,1H3,(H,36,38)(H2,32,33,34,35). The van der Waals surface area contributed by atoms with E-state index < -0.39 is 10.8 Å². The fourth-order valence-corrected chi connectivity index (χ4v) is 4.91. The number of carbonyl (C=O) groups excluding carboxylic acids is 1. The smallest absolute Gasteiger partial charge is 0.354 e. The van der Waals surface area contributed by atoms with Crippen LogP contribution in [0, 0.1) is 10.1 Å². The summed E-state index contributed by atoms with van der Waals surface area (Å²) in [7, 11) is 0. The fraction of sp³-hybridized carbons (Fsp3) is 0.516. The molecule has 3 N–H and O–H groups in total. The van der Waals surface area contributed by atoms with E-state index >= 15 is 0 Å². The maximum Gasteiger partial charge on any atom is 0.354 e. The molecule has 1 amide bonds. The highest BCUT2D eigenvalue weighted by molar-refractivity contribution is 6.07. The molecule has 0 aliphatic carbocycles. The maximum atomic E-state index is 12.8. The van der Waals surface area contributed by atoms with E-state index in [9.17, 15) is 14.9 Å². The van der Waals surface area contributed by atoms with Gasteiger partial charge in [-0.15, -0.1) is 0 Å². The number of nitrogens with zero attached hydrogens (tertiary/aromatic N) is 3. The number of anilines is 2. The summed E-state index contributed by atoms with van der Waals surface area (Å²) < 4.78 is 0. The summed E-state index contributed by atoms with van der Waals surface area (Å²) in [6, 6.07) is 13.0. The van der Waals surface area contributed by atoms with Crippen molar-refractivity contribution in [1.82, 2.24) is 15.4 Å². The molecule has 1 heterocycles. The van der Waals surface area contributed by atoms with Crippen molar-refractivity contribution in [3.05, 3.63) is 64.5 Å². The van der Waals surface area contributed by atoms with Crippen LogP contribution in [0.1, 0.15) is 107 Å². The zero-order valence-electron chi connectivity index (χ0n) is 23.8. The first-order valence-electron chi connectivity index (χ1n) is 14.9. The van der Waals surface area contributed by atoms with Gasteiger partial charge in [-0.3, -0.25) is 25.8 Å². The van der Waals surface area contributed by atoms with E-state index in [0.29, 0.717) is 12.1 Å². The Labute approximate surface area is 237 Å². The molecule has 0 radical (unpaired) electrons. The number of unbranched alkanes of at least 4 members (excludes halogenated alkanes) is 13. The quantitative estimate of drug-likeness (QED) is 0.0739. The van der Waals surface area contributed by atoms with E-state index in [1.54, 1.807) is 12.1 Å². The third-order valence-electron chi connectivity index (χ3n) is 7.16. The first-order valence-corrected chi connectivity index (χ1v) is 14.9. The lowest BCUT2D eigenvalue weighted by Gasteiger charge is -2.12. The molecule has 3 aromatic rings. The Morgan fingerprint density at radius 3 is 2.00 bits per heavy atom. The number of hydrogen-bond acceptors (Lipinski definition) is 7. The Bertz CT molecular complexity index is 1200. The second-order valence-electron chi connectivity index (χ2n) is 10.3. The molecule has 0 aliphatic rings. The number of hydrogen-bond donors (Lipinski definition) is 3. The Morgan fingerprint density at radius 2 is 1.35 bits per heavy atom. The summed E-state index contributed by atoms with van der Waals surface area (Å²) in [6.45, 7) is 2.84. The van der Waals surface area contributed by atoms with Gasteiger partial charge in [-0.25, -0.2) is 9.97 Å². The van der Waals surface area contributed by atoms with Gasteiger partial charge in [-0.1, -0.05) is 127 Å². The van der Waals surface area contributed by atoms with Crippen LogP contribution >= 0.6 is 0 Å². The van der Waals surface area contributed by atoms with Gasteiger partial charge in [-0.2, -0.15) is 0 Å². The summed E-state index contributed by atoms with van der Waals surface area (Å²) in [5, 5.41) is 16.6. The van der Waals surface area contributed by atoms with Crippen LogP contribution in [0.4, 0.5) is 17.3 Å². The van der Waals surface area contributed by atoms with E-state index in [1.807, 2.05) is 30.3 Å². The maximum absolute atomic E-state index is 12.8. The number of fused-ring (bicyclic) bond motifs is 1. The van der Waals surface area contributed by atoms with Gasteiger partial charge in [0.15, 0.2) is 0 Å². The molecule has 9 nitrogen and oxygen atoms in total. The Morgan fingerprint density at radius 1 is 0.775 bits per heavy atom. The summed E-state index contributed by atoms with van der Waals surface area (Å²) in [5.41, 5.74) is 5.32. The highest BCUT2D eigenvalue weighted by atomic mass is 16.6. The second kappa shape index (κ2) is 17.8.